The van der Waals surface area contributed by atoms with Gasteiger partial charge in [0.2, 0.25) is 0 Å². The molecule has 0 N–H and O–H groups in total. The molecule has 0 saturated heterocycles. The van der Waals surface area contributed by atoms with E-state index < -0.39 is 0 Å². The summed E-state index contributed by atoms with van der Waals surface area (Å²) in [4.78, 5) is 11.2. The first-order chi connectivity index (χ1) is 5.75. The van der Waals surface area contributed by atoms with E-state index >= 15 is 0 Å². The summed E-state index contributed by atoms with van der Waals surface area (Å²) in [5, 5.41) is 0. The van der Waals surface area contributed by atoms with Crippen LogP contribution in [0.5, 0.6) is 0 Å². The van der Waals surface area contributed by atoms with Gasteiger partial charge in [-0.05, 0) is 19.4 Å². The van der Waals surface area contributed by atoms with Crippen LogP contribution in [0, 0.1) is 6.92 Å². The molecule has 66 valence electrons. The van der Waals surface area contributed by atoms with Gasteiger partial charge in [-0.25, -0.2) is 4.79 Å². The maximum atomic E-state index is 11.2. The number of carbonyl (C=O) groups is 1. The van der Waals surface area contributed by atoms with Gasteiger partial charge in [0.05, 0.1) is 12.9 Å². The lowest BCUT2D eigenvalue weighted by molar-refractivity contribution is 0.0503. The Hall–Kier alpha value is -1.25. The van der Waals surface area contributed by atoms with Crippen LogP contribution in [0.3, 0.4) is 0 Å². The number of aryl methyl sites for hydroxylation is 1. The Morgan fingerprint density at radius 2 is 2.42 bits per heavy atom. The predicted octanol–water partition coefficient (Wildman–Crippen LogP) is 2.15. The molecule has 3 nitrogen and oxygen atoms in total. The second-order valence-corrected chi connectivity index (χ2v) is 2.53. The Balaban J connectivity index is 2.59. The third kappa shape index (κ3) is 1.87. The highest BCUT2D eigenvalue weighted by atomic mass is 16.5. The molecule has 0 aliphatic heterocycles. The lowest BCUT2D eigenvalue weighted by atomic mass is 10.3. The summed E-state index contributed by atoms with van der Waals surface area (Å²) in [6, 6.07) is 1.62. The van der Waals surface area contributed by atoms with Crippen LogP contribution in [0.4, 0.5) is 0 Å². The number of ether oxygens (including phenoxy) is 1. The van der Waals surface area contributed by atoms with Gasteiger partial charge in [-0.3, -0.25) is 0 Å². The molecule has 0 spiro atoms. The van der Waals surface area contributed by atoms with E-state index in [-0.39, 0.29) is 5.97 Å². The highest BCUT2D eigenvalue weighted by Crippen LogP contribution is 2.09. The Kier molecular flexibility index (Phi) is 2.91. The molecule has 0 bridgehead atoms. The molecule has 0 atom stereocenters. The molecule has 12 heavy (non-hydrogen) atoms. The van der Waals surface area contributed by atoms with E-state index in [1.54, 1.807) is 13.0 Å². The van der Waals surface area contributed by atoms with E-state index in [2.05, 4.69) is 0 Å². The lowest BCUT2D eigenvalue weighted by Gasteiger charge is -2.00. The van der Waals surface area contributed by atoms with Crippen molar-refractivity contribution in [2.24, 2.45) is 0 Å². The predicted molar refractivity (Wildman–Crippen MR) is 44.0 cm³/mol. The highest BCUT2D eigenvalue weighted by molar-refractivity contribution is 5.90. The van der Waals surface area contributed by atoms with Gasteiger partial charge in [0.25, 0.3) is 0 Å². The van der Waals surface area contributed by atoms with Crippen molar-refractivity contribution in [1.29, 1.82) is 0 Å². The van der Waals surface area contributed by atoms with Gasteiger partial charge in [0.1, 0.15) is 11.3 Å². The average Bonchev–Trinajstić information content (AvgIpc) is 2.47. The monoisotopic (exact) mass is 168 g/mol. The number of furan rings is 1. The number of carbonyl (C=O) groups excluding carboxylic acids is 1. The molecule has 1 rings (SSSR count). The molecule has 1 aromatic heterocycles. The van der Waals surface area contributed by atoms with Gasteiger partial charge < -0.3 is 9.15 Å². The summed E-state index contributed by atoms with van der Waals surface area (Å²) in [5.41, 5.74) is 0.517. The number of esters is 1. The zero-order valence-corrected chi connectivity index (χ0v) is 7.29. The molecule has 0 aromatic carbocycles. The summed E-state index contributed by atoms with van der Waals surface area (Å²) >= 11 is 0. The fourth-order valence-corrected chi connectivity index (χ4v) is 0.869. The maximum absolute atomic E-state index is 11.2. The Bertz CT molecular complexity index is 262. The van der Waals surface area contributed by atoms with Crippen molar-refractivity contribution in [3.8, 4) is 0 Å². The molecule has 0 saturated carbocycles. The third-order valence-corrected chi connectivity index (χ3v) is 1.52. The van der Waals surface area contributed by atoms with E-state index in [4.69, 9.17) is 9.15 Å². The van der Waals surface area contributed by atoms with Gasteiger partial charge in [0.15, 0.2) is 0 Å². The Morgan fingerprint density at radius 3 is 2.92 bits per heavy atom. The van der Waals surface area contributed by atoms with E-state index in [9.17, 15) is 4.79 Å². The number of hydrogen-bond donors (Lipinski definition) is 0. The zero-order valence-electron chi connectivity index (χ0n) is 7.29. The van der Waals surface area contributed by atoms with Crippen molar-refractivity contribution in [1.82, 2.24) is 0 Å². The largest absolute Gasteiger partial charge is 0.469 e. The fraction of sp³-hybridized carbons (Fsp3) is 0.444. The van der Waals surface area contributed by atoms with Crippen LogP contribution in [-0.2, 0) is 4.74 Å². The standard InChI is InChI=1S/C9H12O3/c1-3-5-12-9(10)8-4-6-11-7(8)2/h4,6H,3,5H2,1-2H3. The summed E-state index contributed by atoms with van der Waals surface area (Å²) in [6.45, 7) is 4.15. The molecule has 1 heterocycles. The minimum atomic E-state index is -0.303. The summed E-state index contributed by atoms with van der Waals surface area (Å²) in [6.07, 6.45) is 2.32. The molecule has 3 heteroatoms. The Morgan fingerprint density at radius 1 is 1.67 bits per heavy atom. The summed E-state index contributed by atoms with van der Waals surface area (Å²) < 4.78 is 9.88. The first-order valence-corrected chi connectivity index (χ1v) is 3.97. The number of hydrogen-bond acceptors (Lipinski definition) is 3. The molecular formula is C9H12O3. The first kappa shape index (κ1) is 8.84. The molecule has 0 unspecified atom stereocenters. The average molecular weight is 168 g/mol. The van der Waals surface area contributed by atoms with Crippen LogP contribution in [0.1, 0.15) is 29.5 Å². The van der Waals surface area contributed by atoms with Crippen molar-refractivity contribution < 1.29 is 13.9 Å². The van der Waals surface area contributed by atoms with E-state index in [0.29, 0.717) is 17.9 Å². The first-order valence-electron chi connectivity index (χ1n) is 3.97. The molecule has 0 amide bonds. The minimum absolute atomic E-state index is 0.303. The van der Waals surface area contributed by atoms with Crippen molar-refractivity contribution in [2.75, 3.05) is 6.61 Å². The van der Waals surface area contributed by atoms with Gasteiger partial charge in [-0.15, -0.1) is 0 Å². The molecule has 0 radical (unpaired) electrons. The van der Waals surface area contributed by atoms with E-state index in [1.807, 2.05) is 6.92 Å². The quantitative estimate of drug-likeness (QED) is 0.649. The topological polar surface area (TPSA) is 39.4 Å². The van der Waals surface area contributed by atoms with E-state index in [1.165, 1.54) is 6.26 Å². The van der Waals surface area contributed by atoms with Crippen LogP contribution in [0.2, 0.25) is 0 Å². The summed E-state index contributed by atoms with van der Waals surface area (Å²) in [5.74, 6) is 0.305. The van der Waals surface area contributed by atoms with Crippen molar-refractivity contribution in [3.05, 3.63) is 23.7 Å². The van der Waals surface area contributed by atoms with Crippen molar-refractivity contribution in [2.45, 2.75) is 20.3 Å². The van der Waals surface area contributed by atoms with Crippen LogP contribution in [-0.4, -0.2) is 12.6 Å². The van der Waals surface area contributed by atoms with Gasteiger partial charge in [-0.1, -0.05) is 6.92 Å². The van der Waals surface area contributed by atoms with Gasteiger partial charge in [0, 0.05) is 0 Å². The van der Waals surface area contributed by atoms with Crippen LogP contribution in [0.25, 0.3) is 0 Å². The highest BCUT2D eigenvalue weighted by Gasteiger charge is 2.11. The lowest BCUT2D eigenvalue weighted by Crippen LogP contribution is -2.05. The minimum Gasteiger partial charge on any atom is -0.469 e. The molecule has 0 aliphatic rings. The SMILES string of the molecule is CCCOC(=O)c1ccoc1C. The molecular weight excluding hydrogens is 156 g/mol. The van der Waals surface area contributed by atoms with Crippen molar-refractivity contribution >= 4 is 5.97 Å². The van der Waals surface area contributed by atoms with Crippen molar-refractivity contribution in [3.63, 3.8) is 0 Å². The van der Waals surface area contributed by atoms with Crippen LogP contribution >= 0.6 is 0 Å². The molecule has 0 aliphatic carbocycles. The van der Waals surface area contributed by atoms with Crippen LogP contribution < -0.4 is 0 Å². The van der Waals surface area contributed by atoms with Gasteiger partial charge >= 0.3 is 5.97 Å². The third-order valence-electron chi connectivity index (χ3n) is 1.52. The van der Waals surface area contributed by atoms with Crippen LogP contribution in [0.15, 0.2) is 16.7 Å². The number of rotatable bonds is 3. The normalized spacial score (nSPS) is 9.83. The fourth-order valence-electron chi connectivity index (χ4n) is 0.869. The second kappa shape index (κ2) is 3.95. The van der Waals surface area contributed by atoms with Gasteiger partial charge in [-0.2, -0.15) is 0 Å². The zero-order chi connectivity index (χ0) is 8.97. The molecule has 1 aromatic rings. The van der Waals surface area contributed by atoms with E-state index in [0.717, 1.165) is 6.42 Å². The Labute approximate surface area is 71.3 Å². The molecule has 0 fully saturated rings. The summed E-state index contributed by atoms with van der Waals surface area (Å²) in [7, 11) is 0. The smallest absolute Gasteiger partial charge is 0.341 e. The maximum Gasteiger partial charge on any atom is 0.341 e. The second-order valence-electron chi connectivity index (χ2n) is 2.53.